The Labute approximate surface area is 279 Å². The molecule has 7 rings (SSSR count). The van der Waals surface area contributed by atoms with E-state index in [9.17, 15) is 9.90 Å². The lowest BCUT2D eigenvalue weighted by molar-refractivity contribution is -0.118. The molecule has 0 bridgehead atoms. The molecule has 7 nitrogen and oxygen atoms in total. The molecule has 0 fully saturated rings. The number of fused-ring (bicyclic) bond motifs is 1. The number of benzene rings is 4. The van der Waals surface area contributed by atoms with Gasteiger partial charge in [0.25, 0.3) is 0 Å². The molecule has 2 aliphatic rings. The van der Waals surface area contributed by atoms with Crippen molar-refractivity contribution in [1.82, 2.24) is 9.78 Å². The lowest BCUT2D eigenvalue weighted by Crippen LogP contribution is -2.35. The van der Waals surface area contributed by atoms with Crippen molar-refractivity contribution in [3.8, 4) is 22.8 Å². The topological polar surface area (TPSA) is 79.6 Å². The van der Waals surface area contributed by atoms with Crippen LogP contribution >= 0.6 is 0 Å². The van der Waals surface area contributed by atoms with Gasteiger partial charge in [-0.15, -0.1) is 0 Å². The Morgan fingerprint density at radius 3 is 2.46 bits per heavy atom. The van der Waals surface area contributed by atoms with Crippen molar-refractivity contribution in [2.75, 3.05) is 10.2 Å². The number of phenolic OH excluding ortho intramolecular Hbond substituents is 1. The molecule has 242 valence electrons. The average molecular weight is 641 g/mol. The van der Waals surface area contributed by atoms with E-state index < -0.39 is 11.9 Å². The third-order valence-corrected chi connectivity index (χ3v) is 9.06. The molecule has 1 aromatic heterocycles. The summed E-state index contributed by atoms with van der Waals surface area (Å²) in [6.45, 7) is 8.87. The molecule has 48 heavy (non-hydrogen) atoms. The maximum atomic E-state index is 16.6. The minimum absolute atomic E-state index is 0.00440. The molecule has 5 aromatic rings. The maximum absolute atomic E-state index is 16.6. The number of ketones is 1. The number of Topliss-reactive ketones (excluding diaryl/α,β-unsaturated/α-hetero) is 1. The number of hydrogen-bond donors (Lipinski definition) is 2. The third kappa shape index (κ3) is 5.74. The van der Waals surface area contributed by atoms with Gasteiger partial charge in [0.2, 0.25) is 0 Å². The van der Waals surface area contributed by atoms with E-state index >= 15 is 4.39 Å². The smallest absolute Gasteiger partial charge is 0.163 e. The maximum Gasteiger partial charge on any atom is 0.163 e. The summed E-state index contributed by atoms with van der Waals surface area (Å²) in [6.07, 6.45) is 0.814. The second kappa shape index (κ2) is 12.2. The van der Waals surface area contributed by atoms with Gasteiger partial charge in [-0.3, -0.25) is 9.48 Å². The summed E-state index contributed by atoms with van der Waals surface area (Å²) in [7, 11) is 1.86. The van der Waals surface area contributed by atoms with Crippen LogP contribution in [-0.4, -0.2) is 20.7 Å². The van der Waals surface area contributed by atoms with Crippen molar-refractivity contribution >= 4 is 22.9 Å². The van der Waals surface area contributed by atoms with E-state index in [-0.39, 0.29) is 35.5 Å². The van der Waals surface area contributed by atoms with Crippen LogP contribution in [0.2, 0.25) is 0 Å². The molecule has 1 aliphatic heterocycles. The number of anilines is 2. The van der Waals surface area contributed by atoms with Crippen LogP contribution in [0.15, 0.2) is 121 Å². The summed E-state index contributed by atoms with van der Waals surface area (Å²) in [4.78, 5) is 16.1. The first-order valence-electron chi connectivity index (χ1n) is 16.0. The molecule has 1 unspecified atom stereocenters. The van der Waals surface area contributed by atoms with Crippen LogP contribution in [0.1, 0.15) is 49.6 Å². The number of carbonyl (C=O) groups excluding carboxylic acids is 1. The summed E-state index contributed by atoms with van der Waals surface area (Å²) >= 11 is 0. The number of aromatic nitrogens is 2. The SMILES string of the molecule is C=C(c1cc(-c2ccccc2)n(C)n1)N1c2cccc(O)c2NC2=C(C(=O)CC(C)(C)C2)C1c1ccc(OCc2ccccc2)cc1F. The van der Waals surface area contributed by atoms with Crippen LogP contribution in [0.4, 0.5) is 15.8 Å². The van der Waals surface area contributed by atoms with Crippen molar-refractivity contribution < 1.29 is 19.0 Å². The highest BCUT2D eigenvalue weighted by molar-refractivity contribution is 6.03. The van der Waals surface area contributed by atoms with E-state index in [2.05, 4.69) is 11.9 Å². The lowest BCUT2D eigenvalue weighted by Gasteiger charge is -2.38. The number of aromatic hydroxyl groups is 1. The molecule has 0 amide bonds. The number of nitrogens with one attached hydrogen (secondary N) is 1. The first-order chi connectivity index (χ1) is 23.1. The number of hydrogen-bond acceptors (Lipinski definition) is 6. The highest BCUT2D eigenvalue weighted by atomic mass is 19.1. The number of allylic oxidation sites excluding steroid dienone is 1. The molecular formula is C40H37FN4O3. The Bertz CT molecular complexity index is 2070. The van der Waals surface area contributed by atoms with Crippen LogP contribution in [0.3, 0.4) is 0 Å². The number of para-hydroxylation sites is 1. The number of carbonyl (C=O) groups is 1. The molecule has 0 spiro atoms. The predicted octanol–water partition coefficient (Wildman–Crippen LogP) is 8.80. The fraction of sp³-hybridized carbons (Fsp3) is 0.200. The molecule has 0 saturated heterocycles. The number of nitrogens with zero attached hydrogens (tertiary/aromatic N) is 3. The molecular weight excluding hydrogens is 603 g/mol. The van der Waals surface area contributed by atoms with Crippen LogP contribution in [0.25, 0.3) is 17.0 Å². The summed E-state index contributed by atoms with van der Waals surface area (Å²) < 4.78 is 24.3. The van der Waals surface area contributed by atoms with Crippen molar-refractivity contribution in [3.05, 3.63) is 144 Å². The van der Waals surface area contributed by atoms with Crippen molar-refractivity contribution in [3.63, 3.8) is 0 Å². The lowest BCUT2D eigenvalue weighted by atomic mass is 9.73. The average Bonchev–Trinajstić information content (AvgIpc) is 3.39. The minimum atomic E-state index is -0.919. The fourth-order valence-corrected chi connectivity index (χ4v) is 6.81. The van der Waals surface area contributed by atoms with Gasteiger partial charge in [-0.2, -0.15) is 5.10 Å². The minimum Gasteiger partial charge on any atom is -0.506 e. The first-order valence-corrected chi connectivity index (χ1v) is 16.0. The molecule has 0 saturated carbocycles. The molecule has 1 aliphatic carbocycles. The van der Waals surface area contributed by atoms with Crippen LogP contribution in [0, 0.1) is 11.2 Å². The molecule has 4 aromatic carbocycles. The second-order valence-electron chi connectivity index (χ2n) is 13.2. The van der Waals surface area contributed by atoms with Gasteiger partial charge in [0.05, 0.1) is 23.1 Å². The van der Waals surface area contributed by atoms with E-state index in [0.717, 1.165) is 16.8 Å². The number of phenols is 1. The van der Waals surface area contributed by atoms with Gasteiger partial charge in [-0.25, -0.2) is 4.39 Å². The van der Waals surface area contributed by atoms with Crippen molar-refractivity contribution in [1.29, 1.82) is 0 Å². The Morgan fingerprint density at radius 2 is 1.73 bits per heavy atom. The molecule has 2 N–H and O–H groups in total. The van der Waals surface area contributed by atoms with Gasteiger partial charge < -0.3 is 20.1 Å². The first kappa shape index (κ1) is 31.0. The van der Waals surface area contributed by atoms with E-state index in [1.54, 1.807) is 28.9 Å². The number of rotatable bonds is 7. The van der Waals surface area contributed by atoms with Gasteiger partial charge in [-0.05, 0) is 53.3 Å². The van der Waals surface area contributed by atoms with E-state index in [0.29, 0.717) is 46.2 Å². The zero-order chi connectivity index (χ0) is 33.6. The van der Waals surface area contributed by atoms with E-state index in [1.165, 1.54) is 6.07 Å². The molecule has 1 atom stereocenters. The zero-order valence-electron chi connectivity index (χ0n) is 27.2. The van der Waals surface area contributed by atoms with Gasteiger partial charge in [0.1, 0.15) is 35.3 Å². The standard InChI is InChI=1S/C40H37FN4O3/c1-25(31-21-34(44(4)43-31)27-14-9-6-10-15-27)45-33-16-11-17-35(46)38(33)42-32-22-40(2,3)23-36(47)37(32)39(45)29-19-18-28(20-30(29)41)48-24-26-12-7-5-8-13-26/h5-21,39,42,46H,1,22-24H2,2-4H3. The monoisotopic (exact) mass is 640 g/mol. The van der Waals surface area contributed by atoms with Crippen molar-refractivity contribution in [2.45, 2.75) is 39.3 Å². The summed E-state index contributed by atoms with van der Waals surface area (Å²) in [5.74, 6) is -0.247. The highest BCUT2D eigenvalue weighted by Crippen LogP contribution is 2.52. The second-order valence-corrected chi connectivity index (χ2v) is 13.2. The normalized spacial score (nSPS) is 16.9. The molecule has 0 radical (unpaired) electrons. The predicted molar refractivity (Wildman–Crippen MR) is 187 cm³/mol. The largest absolute Gasteiger partial charge is 0.506 e. The quantitative estimate of drug-likeness (QED) is 0.173. The number of aryl methyl sites for hydroxylation is 1. The third-order valence-electron chi connectivity index (χ3n) is 9.06. The zero-order valence-corrected chi connectivity index (χ0v) is 27.2. The van der Waals surface area contributed by atoms with Crippen LogP contribution in [-0.2, 0) is 18.4 Å². The van der Waals surface area contributed by atoms with Gasteiger partial charge in [0.15, 0.2) is 5.78 Å². The number of halogens is 1. The highest BCUT2D eigenvalue weighted by Gasteiger charge is 2.44. The summed E-state index contributed by atoms with van der Waals surface area (Å²) in [5, 5.41) is 19.4. The van der Waals surface area contributed by atoms with E-state index in [1.807, 2.05) is 98.6 Å². The van der Waals surface area contributed by atoms with Crippen LogP contribution in [0.5, 0.6) is 11.5 Å². The van der Waals surface area contributed by atoms with Gasteiger partial charge in [-0.1, -0.05) is 87.2 Å². The van der Waals surface area contributed by atoms with Crippen LogP contribution < -0.4 is 15.0 Å². The van der Waals surface area contributed by atoms with E-state index in [4.69, 9.17) is 9.84 Å². The van der Waals surface area contributed by atoms with Gasteiger partial charge >= 0.3 is 0 Å². The Hall–Kier alpha value is -5.63. The fourth-order valence-electron chi connectivity index (χ4n) is 6.81. The summed E-state index contributed by atoms with van der Waals surface area (Å²) in [6, 6.07) is 30.5. The molecule has 8 heteroatoms. The number of ether oxygens (including phenoxy) is 1. The van der Waals surface area contributed by atoms with Crippen molar-refractivity contribution in [2.24, 2.45) is 12.5 Å². The Balaban J connectivity index is 1.39. The molecule has 2 heterocycles. The Morgan fingerprint density at radius 1 is 1.00 bits per heavy atom. The van der Waals surface area contributed by atoms with Gasteiger partial charge in [0, 0.05) is 36.4 Å². The Kier molecular flexibility index (Phi) is 7.87. The summed E-state index contributed by atoms with van der Waals surface area (Å²) in [5.41, 5.74) is 5.78.